The van der Waals surface area contributed by atoms with E-state index in [9.17, 15) is 4.79 Å². The highest BCUT2D eigenvalue weighted by atomic mass is 32.1. The first kappa shape index (κ1) is 14.8. The minimum Gasteiger partial charge on any atom is -0.356 e. The van der Waals surface area contributed by atoms with Crippen LogP contribution in [0.1, 0.15) is 13.8 Å². The lowest BCUT2D eigenvalue weighted by Gasteiger charge is -2.29. The number of nitrogens with zero attached hydrogens (tertiary/aromatic N) is 3. The normalized spacial score (nSPS) is 16.6. The summed E-state index contributed by atoms with van der Waals surface area (Å²) in [7, 11) is 0. The maximum atomic E-state index is 12.3. The monoisotopic (exact) mass is 340 g/mol. The fourth-order valence-corrected chi connectivity index (χ4v) is 3.48. The van der Waals surface area contributed by atoms with Crippen molar-refractivity contribution in [2.45, 2.75) is 19.9 Å². The van der Waals surface area contributed by atoms with E-state index in [2.05, 4.69) is 30.9 Å². The van der Waals surface area contributed by atoms with Gasteiger partial charge in [0.1, 0.15) is 18.1 Å². The van der Waals surface area contributed by atoms with Gasteiger partial charge in [0.05, 0.1) is 10.2 Å². The lowest BCUT2D eigenvalue weighted by atomic mass is 10.0. The molecule has 0 aliphatic carbocycles. The first-order valence-corrected chi connectivity index (χ1v) is 8.48. The summed E-state index contributed by atoms with van der Waals surface area (Å²) in [6.45, 7) is 3.98. The van der Waals surface area contributed by atoms with Crippen molar-refractivity contribution >= 4 is 49.9 Å². The highest BCUT2D eigenvalue weighted by Gasteiger charge is 2.30. The maximum absolute atomic E-state index is 12.3. The van der Waals surface area contributed by atoms with E-state index in [-0.39, 0.29) is 17.9 Å². The topological polar surface area (TPSA) is 91.8 Å². The van der Waals surface area contributed by atoms with E-state index in [1.165, 1.54) is 17.7 Å². The van der Waals surface area contributed by atoms with Crippen LogP contribution in [0.3, 0.4) is 0 Å². The number of hydrogen-bond donors (Lipinski definition) is 3. The second-order valence-corrected chi connectivity index (χ2v) is 6.94. The molecule has 7 nitrogen and oxygen atoms in total. The van der Waals surface area contributed by atoms with Crippen molar-refractivity contribution in [3.05, 3.63) is 30.6 Å². The molecule has 3 heterocycles. The van der Waals surface area contributed by atoms with Crippen molar-refractivity contribution in [1.82, 2.24) is 15.0 Å². The van der Waals surface area contributed by atoms with Crippen molar-refractivity contribution in [2.24, 2.45) is 5.92 Å². The highest BCUT2D eigenvalue weighted by molar-refractivity contribution is 7.22. The number of benzene rings is 1. The molecule has 122 valence electrons. The summed E-state index contributed by atoms with van der Waals surface area (Å²) in [6, 6.07) is 7.61. The van der Waals surface area contributed by atoms with Crippen molar-refractivity contribution in [3.8, 4) is 0 Å². The summed E-state index contributed by atoms with van der Waals surface area (Å²) >= 11 is 1.53. The smallest absolute Gasteiger partial charge is 0.247 e. The van der Waals surface area contributed by atoms with Crippen LogP contribution >= 0.6 is 11.3 Å². The molecule has 1 unspecified atom stereocenters. The lowest BCUT2D eigenvalue weighted by molar-refractivity contribution is -0.117. The number of aromatic nitrogens is 3. The number of para-hydroxylation sites is 1. The first-order chi connectivity index (χ1) is 11.6. The molecule has 1 aliphatic rings. The van der Waals surface area contributed by atoms with Crippen LogP contribution in [0.4, 0.5) is 22.5 Å². The predicted octanol–water partition coefficient (Wildman–Crippen LogP) is 3.22. The average molecular weight is 340 g/mol. The number of anilines is 4. The molecule has 1 atom stereocenters. The van der Waals surface area contributed by atoms with Gasteiger partial charge in [0.2, 0.25) is 5.91 Å². The molecule has 2 aromatic heterocycles. The Bertz CT molecular complexity index is 889. The van der Waals surface area contributed by atoms with Crippen LogP contribution < -0.4 is 16.0 Å². The fraction of sp³-hybridized carbons (Fsp3) is 0.250. The van der Waals surface area contributed by atoms with Crippen LogP contribution in [-0.4, -0.2) is 26.9 Å². The number of hydrogen-bond acceptors (Lipinski definition) is 7. The lowest BCUT2D eigenvalue weighted by Crippen LogP contribution is -2.43. The molecule has 0 saturated heterocycles. The number of nitrogens with one attached hydrogen (secondary N) is 3. The Hall–Kier alpha value is -2.74. The molecular formula is C16H16N6OS. The van der Waals surface area contributed by atoms with E-state index >= 15 is 0 Å². The van der Waals surface area contributed by atoms with Gasteiger partial charge in [-0.2, -0.15) is 0 Å². The molecule has 0 bridgehead atoms. The molecule has 0 radical (unpaired) electrons. The van der Waals surface area contributed by atoms with E-state index in [0.29, 0.717) is 17.3 Å². The van der Waals surface area contributed by atoms with Gasteiger partial charge in [0.15, 0.2) is 16.8 Å². The summed E-state index contributed by atoms with van der Waals surface area (Å²) in [6.07, 6.45) is 1.47. The quantitative estimate of drug-likeness (QED) is 0.678. The first-order valence-electron chi connectivity index (χ1n) is 7.67. The van der Waals surface area contributed by atoms with Gasteiger partial charge in [-0.25, -0.2) is 15.0 Å². The summed E-state index contributed by atoms with van der Waals surface area (Å²) in [4.78, 5) is 25.3. The Labute approximate surface area is 142 Å². The number of amides is 1. The van der Waals surface area contributed by atoms with Crippen LogP contribution in [-0.2, 0) is 4.79 Å². The van der Waals surface area contributed by atoms with Crippen LogP contribution in [0.15, 0.2) is 30.6 Å². The molecule has 4 rings (SSSR count). The third-order valence-corrected chi connectivity index (χ3v) is 4.81. The van der Waals surface area contributed by atoms with Gasteiger partial charge in [0, 0.05) is 0 Å². The Morgan fingerprint density at radius 2 is 2.08 bits per heavy atom. The van der Waals surface area contributed by atoms with E-state index in [1.807, 2.05) is 38.1 Å². The standard InChI is InChI=1S/C16H16N6OS/c1-8(2)11-15(23)21-12-13(20-11)17-7-18-14(12)22-16-19-9-5-3-4-6-10(9)24-16/h3-8,11H,1-2H3,(H,21,23)(H2,17,18,19,20,22). The second-order valence-electron chi connectivity index (χ2n) is 5.91. The van der Waals surface area contributed by atoms with Crippen molar-refractivity contribution in [3.63, 3.8) is 0 Å². The van der Waals surface area contributed by atoms with Crippen molar-refractivity contribution in [1.29, 1.82) is 0 Å². The molecule has 0 saturated carbocycles. The summed E-state index contributed by atoms with van der Waals surface area (Å²) in [5.41, 5.74) is 1.48. The van der Waals surface area contributed by atoms with Crippen LogP contribution in [0.25, 0.3) is 10.2 Å². The van der Waals surface area contributed by atoms with E-state index in [4.69, 9.17) is 0 Å². The fourth-order valence-electron chi connectivity index (χ4n) is 2.62. The van der Waals surface area contributed by atoms with Gasteiger partial charge >= 0.3 is 0 Å². The Morgan fingerprint density at radius 3 is 2.88 bits per heavy atom. The number of rotatable bonds is 3. The molecule has 8 heteroatoms. The number of carbonyl (C=O) groups is 1. The second kappa shape index (κ2) is 5.72. The minimum atomic E-state index is -0.303. The van der Waals surface area contributed by atoms with E-state index in [1.54, 1.807) is 0 Å². The average Bonchev–Trinajstić information content (AvgIpc) is 2.97. The number of carbonyl (C=O) groups excluding carboxylic acids is 1. The van der Waals surface area contributed by atoms with Gasteiger partial charge in [0.25, 0.3) is 0 Å². The van der Waals surface area contributed by atoms with E-state index < -0.39 is 0 Å². The van der Waals surface area contributed by atoms with Crippen molar-refractivity contribution in [2.75, 3.05) is 16.0 Å². The van der Waals surface area contributed by atoms with Gasteiger partial charge in [-0.3, -0.25) is 4.79 Å². The van der Waals surface area contributed by atoms with E-state index in [0.717, 1.165) is 15.3 Å². The predicted molar refractivity (Wildman–Crippen MR) is 95.8 cm³/mol. The minimum absolute atomic E-state index is 0.0837. The van der Waals surface area contributed by atoms with Crippen molar-refractivity contribution < 1.29 is 4.79 Å². The van der Waals surface area contributed by atoms with Gasteiger partial charge in [-0.05, 0) is 18.1 Å². The Morgan fingerprint density at radius 1 is 1.25 bits per heavy atom. The summed E-state index contributed by atoms with van der Waals surface area (Å²) in [5, 5.41) is 9.99. The third kappa shape index (κ3) is 2.54. The van der Waals surface area contributed by atoms with Gasteiger partial charge in [-0.15, -0.1) is 0 Å². The SMILES string of the molecule is CC(C)C1Nc2ncnc(Nc3nc4ccccc4s3)c2NC1=O. The molecule has 0 fully saturated rings. The number of fused-ring (bicyclic) bond motifs is 2. The zero-order valence-corrected chi connectivity index (χ0v) is 14.0. The largest absolute Gasteiger partial charge is 0.356 e. The molecule has 0 spiro atoms. The molecular weight excluding hydrogens is 324 g/mol. The van der Waals surface area contributed by atoms with Gasteiger partial charge < -0.3 is 16.0 Å². The third-order valence-electron chi connectivity index (χ3n) is 3.86. The number of thiazole rings is 1. The maximum Gasteiger partial charge on any atom is 0.247 e. The highest BCUT2D eigenvalue weighted by Crippen LogP contribution is 2.35. The van der Waals surface area contributed by atoms with Crippen LogP contribution in [0, 0.1) is 5.92 Å². The molecule has 1 amide bonds. The summed E-state index contributed by atoms with van der Waals surface area (Å²) < 4.78 is 1.09. The zero-order chi connectivity index (χ0) is 16.7. The van der Waals surface area contributed by atoms with Gasteiger partial charge in [-0.1, -0.05) is 37.3 Å². The van der Waals surface area contributed by atoms with Crippen LogP contribution in [0.5, 0.6) is 0 Å². The molecule has 24 heavy (non-hydrogen) atoms. The Balaban J connectivity index is 1.67. The summed E-state index contributed by atoms with van der Waals surface area (Å²) in [5.74, 6) is 1.22. The molecule has 3 N–H and O–H groups in total. The van der Waals surface area contributed by atoms with Crippen LogP contribution in [0.2, 0.25) is 0 Å². The molecule has 1 aliphatic heterocycles. The Kier molecular flexibility index (Phi) is 3.53. The zero-order valence-electron chi connectivity index (χ0n) is 13.2. The molecule has 3 aromatic rings. The molecule has 1 aromatic carbocycles.